The van der Waals surface area contributed by atoms with E-state index in [1.807, 2.05) is 6.92 Å². The van der Waals surface area contributed by atoms with E-state index in [-0.39, 0.29) is 6.04 Å². The van der Waals surface area contributed by atoms with E-state index in [1.54, 1.807) is 7.11 Å². The highest BCUT2D eigenvalue weighted by molar-refractivity contribution is 6.50. The second-order valence-electron chi connectivity index (χ2n) is 3.64. The van der Waals surface area contributed by atoms with Crippen LogP contribution >= 0.6 is 0 Å². The van der Waals surface area contributed by atoms with Gasteiger partial charge in [0.15, 0.2) is 9.04 Å². The number of hydrogen-bond donors (Lipinski definition) is 2. The lowest BCUT2D eigenvalue weighted by Crippen LogP contribution is -2.33. The lowest BCUT2D eigenvalue weighted by molar-refractivity contribution is 0.146. The number of hydrogen-bond acceptors (Lipinski definition) is 4. The van der Waals surface area contributed by atoms with Crippen molar-refractivity contribution in [2.75, 3.05) is 33.4 Å². The SMILES string of the molecule is COCCO[SiH](C)CCNCC(C)N. The molecule has 3 N–H and O–H groups in total. The molecule has 0 amide bonds. The van der Waals surface area contributed by atoms with Gasteiger partial charge in [0.25, 0.3) is 0 Å². The summed E-state index contributed by atoms with van der Waals surface area (Å²) in [6.45, 7) is 7.55. The van der Waals surface area contributed by atoms with Gasteiger partial charge in [0.2, 0.25) is 0 Å². The molecule has 0 saturated heterocycles. The van der Waals surface area contributed by atoms with Crippen LogP contribution in [-0.2, 0) is 9.16 Å². The third-order valence-corrected chi connectivity index (χ3v) is 3.79. The molecule has 0 aliphatic heterocycles. The zero-order valence-corrected chi connectivity index (χ0v) is 10.7. The average Bonchev–Trinajstić information content (AvgIpc) is 2.13. The first-order chi connectivity index (χ1) is 6.66. The zero-order chi connectivity index (χ0) is 10.8. The summed E-state index contributed by atoms with van der Waals surface area (Å²) in [5.74, 6) is 0. The highest BCUT2D eigenvalue weighted by atomic mass is 28.3. The molecule has 86 valence electrons. The predicted octanol–water partition coefficient (Wildman–Crippen LogP) is -0.0602. The summed E-state index contributed by atoms with van der Waals surface area (Å²) >= 11 is 0. The molecule has 0 aromatic rings. The minimum absolute atomic E-state index is 0.237. The van der Waals surface area contributed by atoms with E-state index in [1.165, 1.54) is 0 Å². The zero-order valence-electron chi connectivity index (χ0n) is 9.58. The van der Waals surface area contributed by atoms with Crippen molar-refractivity contribution in [2.45, 2.75) is 25.6 Å². The van der Waals surface area contributed by atoms with Crippen LogP contribution in [0.5, 0.6) is 0 Å². The summed E-state index contributed by atoms with van der Waals surface area (Å²) < 4.78 is 10.5. The Morgan fingerprint density at radius 3 is 2.71 bits per heavy atom. The summed E-state index contributed by atoms with van der Waals surface area (Å²) in [7, 11) is 0.714. The van der Waals surface area contributed by atoms with Gasteiger partial charge in [-0.25, -0.2) is 0 Å². The molecule has 0 fully saturated rings. The molecule has 2 unspecified atom stereocenters. The number of nitrogens with two attached hydrogens (primary N) is 1. The Morgan fingerprint density at radius 1 is 1.43 bits per heavy atom. The maximum atomic E-state index is 5.63. The molecule has 0 radical (unpaired) electrons. The van der Waals surface area contributed by atoms with Crippen LogP contribution in [0.15, 0.2) is 0 Å². The standard InChI is InChI=1S/C9H24N2O2Si/c1-9(10)8-11-4-7-14(3)13-6-5-12-2/h9,11,14H,4-8,10H2,1-3H3. The maximum Gasteiger partial charge on any atom is 0.175 e. The Hall–Kier alpha value is 0.0569. The fourth-order valence-electron chi connectivity index (χ4n) is 1.05. The molecule has 0 spiro atoms. The van der Waals surface area contributed by atoms with Crippen molar-refractivity contribution in [3.63, 3.8) is 0 Å². The topological polar surface area (TPSA) is 56.5 Å². The number of nitrogens with one attached hydrogen (secondary N) is 1. The van der Waals surface area contributed by atoms with Crippen molar-refractivity contribution in [3.8, 4) is 0 Å². The van der Waals surface area contributed by atoms with Gasteiger partial charge < -0.3 is 20.2 Å². The van der Waals surface area contributed by atoms with Crippen LogP contribution in [0.4, 0.5) is 0 Å². The van der Waals surface area contributed by atoms with Crippen LogP contribution in [0, 0.1) is 0 Å². The van der Waals surface area contributed by atoms with E-state index in [4.69, 9.17) is 14.9 Å². The molecule has 0 aliphatic carbocycles. The smallest absolute Gasteiger partial charge is 0.175 e. The Kier molecular flexibility index (Phi) is 9.64. The van der Waals surface area contributed by atoms with Crippen LogP contribution in [0.2, 0.25) is 12.6 Å². The Labute approximate surface area is 88.9 Å². The molecule has 0 aromatic carbocycles. The fourth-order valence-corrected chi connectivity index (χ4v) is 2.33. The highest BCUT2D eigenvalue weighted by Crippen LogP contribution is 1.92. The van der Waals surface area contributed by atoms with Gasteiger partial charge in [-0.3, -0.25) is 0 Å². The van der Waals surface area contributed by atoms with Gasteiger partial charge >= 0.3 is 0 Å². The average molecular weight is 220 g/mol. The largest absolute Gasteiger partial charge is 0.418 e. The lowest BCUT2D eigenvalue weighted by atomic mass is 10.4. The van der Waals surface area contributed by atoms with E-state index in [0.29, 0.717) is 6.61 Å². The molecule has 0 heterocycles. The van der Waals surface area contributed by atoms with E-state index >= 15 is 0 Å². The first-order valence-corrected chi connectivity index (χ1v) is 7.68. The maximum absolute atomic E-state index is 5.63. The van der Waals surface area contributed by atoms with Crippen molar-refractivity contribution in [3.05, 3.63) is 0 Å². The first-order valence-electron chi connectivity index (χ1n) is 5.23. The number of ether oxygens (including phenoxy) is 1. The van der Waals surface area contributed by atoms with Crippen LogP contribution in [-0.4, -0.2) is 48.5 Å². The first kappa shape index (κ1) is 14.1. The Balaban J connectivity index is 3.14. The van der Waals surface area contributed by atoms with Crippen molar-refractivity contribution in [1.29, 1.82) is 0 Å². The summed E-state index contributed by atoms with van der Waals surface area (Å²) in [5, 5.41) is 3.30. The van der Waals surface area contributed by atoms with Gasteiger partial charge in [0.1, 0.15) is 0 Å². The van der Waals surface area contributed by atoms with Crippen molar-refractivity contribution < 1.29 is 9.16 Å². The quantitative estimate of drug-likeness (QED) is 0.422. The molecule has 0 aliphatic rings. The lowest BCUT2D eigenvalue weighted by Gasteiger charge is -2.12. The fraction of sp³-hybridized carbons (Fsp3) is 1.00. The normalized spacial score (nSPS) is 15.4. The predicted molar refractivity (Wildman–Crippen MR) is 62.2 cm³/mol. The minimum atomic E-state index is -0.980. The Morgan fingerprint density at radius 2 is 2.14 bits per heavy atom. The Bertz CT molecular complexity index is 125. The third kappa shape index (κ3) is 10.1. The molecule has 0 bridgehead atoms. The number of methoxy groups -OCH3 is 1. The van der Waals surface area contributed by atoms with E-state index in [2.05, 4.69) is 11.9 Å². The van der Waals surface area contributed by atoms with Gasteiger partial charge in [-0.2, -0.15) is 0 Å². The van der Waals surface area contributed by atoms with Crippen molar-refractivity contribution in [2.24, 2.45) is 5.73 Å². The second-order valence-corrected chi connectivity index (χ2v) is 6.18. The summed E-state index contributed by atoms with van der Waals surface area (Å²) in [5.41, 5.74) is 5.61. The highest BCUT2D eigenvalue weighted by Gasteiger charge is 2.03. The summed E-state index contributed by atoms with van der Waals surface area (Å²) in [6.07, 6.45) is 0. The number of rotatable bonds is 9. The molecule has 14 heavy (non-hydrogen) atoms. The molecular formula is C9H24N2O2Si. The minimum Gasteiger partial charge on any atom is -0.418 e. The molecule has 4 nitrogen and oxygen atoms in total. The van der Waals surface area contributed by atoms with Gasteiger partial charge in [-0.15, -0.1) is 0 Å². The molecule has 5 heteroatoms. The third-order valence-electron chi connectivity index (χ3n) is 1.88. The van der Waals surface area contributed by atoms with Crippen LogP contribution in [0.1, 0.15) is 6.92 Å². The van der Waals surface area contributed by atoms with E-state index in [9.17, 15) is 0 Å². The van der Waals surface area contributed by atoms with Gasteiger partial charge in [0.05, 0.1) is 13.2 Å². The van der Waals surface area contributed by atoms with Crippen molar-refractivity contribution >= 4 is 9.04 Å². The monoisotopic (exact) mass is 220 g/mol. The molecule has 0 aromatic heterocycles. The van der Waals surface area contributed by atoms with E-state index in [0.717, 1.165) is 25.7 Å². The molecule has 2 atom stereocenters. The van der Waals surface area contributed by atoms with Gasteiger partial charge in [0, 0.05) is 19.7 Å². The summed E-state index contributed by atoms with van der Waals surface area (Å²) in [4.78, 5) is 0. The van der Waals surface area contributed by atoms with Crippen LogP contribution < -0.4 is 11.1 Å². The summed E-state index contributed by atoms with van der Waals surface area (Å²) in [6, 6.07) is 1.39. The molecule has 0 saturated carbocycles. The van der Waals surface area contributed by atoms with Gasteiger partial charge in [-0.1, -0.05) is 0 Å². The second kappa shape index (κ2) is 9.61. The van der Waals surface area contributed by atoms with Gasteiger partial charge in [-0.05, 0) is 26.1 Å². The van der Waals surface area contributed by atoms with Crippen molar-refractivity contribution in [1.82, 2.24) is 5.32 Å². The van der Waals surface area contributed by atoms with E-state index < -0.39 is 9.04 Å². The van der Waals surface area contributed by atoms with Crippen LogP contribution in [0.3, 0.4) is 0 Å². The van der Waals surface area contributed by atoms with Crippen LogP contribution in [0.25, 0.3) is 0 Å². The molecular weight excluding hydrogens is 196 g/mol. The molecule has 0 rings (SSSR count).